The number of amides is 2. The Bertz CT molecular complexity index is 543. The Kier molecular flexibility index (Phi) is 7.32. The van der Waals surface area contributed by atoms with Crippen LogP contribution in [0.4, 0.5) is 0 Å². The molecule has 1 aromatic carbocycles. The number of methoxy groups -OCH3 is 1. The number of hydrogen-bond acceptors (Lipinski definition) is 4. The highest BCUT2D eigenvalue weighted by molar-refractivity contribution is 5.85. The number of halogens is 1. The Morgan fingerprint density at radius 1 is 1.22 bits per heavy atom. The number of rotatable bonds is 4. The molecule has 0 bridgehead atoms. The minimum absolute atomic E-state index is 0. The average Bonchev–Trinajstić information content (AvgIpc) is 2.54. The van der Waals surface area contributed by atoms with Crippen LogP contribution in [0.3, 0.4) is 0 Å². The number of carbonyl (C=O) groups is 2. The molecule has 7 heteroatoms. The molecule has 0 spiro atoms. The third-order valence-corrected chi connectivity index (χ3v) is 3.82. The van der Waals surface area contributed by atoms with Crippen molar-refractivity contribution in [2.24, 2.45) is 5.73 Å². The molecule has 0 radical (unpaired) electrons. The fraction of sp³-hybridized carbons (Fsp3) is 0.500. The molecule has 1 fully saturated rings. The van der Waals surface area contributed by atoms with E-state index in [0.717, 1.165) is 11.3 Å². The van der Waals surface area contributed by atoms with E-state index in [1.165, 1.54) is 0 Å². The summed E-state index contributed by atoms with van der Waals surface area (Å²) < 4.78 is 5.16. The smallest absolute Gasteiger partial charge is 0.239 e. The van der Waals surface area contributed by atoms with Crippen molar-refractivity contribution in [3.8, 4) is 5.75 Å². The van der Waals surface area contributed by atoms with E-state index in [1.807, 2.05) is 24.3 Å². The number of piperazine rings is 1. The Hall–Kier alpha value is -1.79. The topological polar surface area (TPSA) is 75.9 Å². The van der Waals surface area contributed by atoms with Crippen molar-refractivity contribution >= 4 is 24.2 Å². The van der Waals surface area contributed by atoms with Crippen molar-refractivity contribution in [1.82, 2.24) is 9.80 Å². The van der Waals surface area contributed by atoms with Crippen molar-refractivity contribution in [2.75, 3.05) is 33.3 Å². The van der Waals surface area contributed by atoms with Crippen LogP contribution in [0.1, 0.15) is 12.5 Å². The standard InChI is InChI=1S/C16H23N3O3.ClH/c1-12(17)16(21)19-8-6-18(7-9-19)15(20)11-13-4-3-5-14(10-13)22-2;/h3-5,10,12H,6-9,11,17H2,1-2H3;1H/t12-;/m1./s1. The van der Waals surface area contributed by atoms with Gasteiger partial charge in [-0.05, 0) is 24.6 Å². The molecule has 1 aliphatic rings. The highest BCUT2D eigenvalue weighted by Gasteiger charge is 2.25. The second kappa shape index (κ2) is 8.74. The molecular formula is C16H24ClN3O3. The number of hydrogen-bond donors (Lipinski definition) is 1. The maximum Gasteiger partial charge on any atom is 0.239 e. The van der Waals surface area contributed by atoms with E-state index in [2.05, 4.69) is 0 Å². The third-order valence-electron chi connectivity index (χ3n) is 3.82. The van der Waals surface area contributed by atoms with Gasteiger partial charge in [-0.25, -0.2) is 0 Å². The van der Waals surface area contributed by atoms with E-state index in [-0.39, 0.29) is 24.2 Å². The molecule has 0 saturated carbocycles. The van der Waals surface area contributed by atoms with E-state index in [9.17, 15) is 9.59 Å². The van der Waals surface area contributed by atoms with Gasteiger partial charge in [-0.15, -0.1) is 12.4 Å². The molecular weight excluding hydrogens is 318 g/mol. The van der Waals surface area contributed by atoms with Crippen molar-refractivity contribution in [2.45, 2.75) is 19.4 Å². The van der Waals surface area contributed by atoms with Crippen molar-refractivity contribution in [3.05, 3.63) is 29.8 Å². The molecule has 2 N–H and O–H groups in total. The predicted octanol–water partition coefficient (Wildman–Crippen LogP) is 0.677. The SMILES string of the molecule is COc1cccc(CC(=O)N2CCN(C(=O)[C@@H](C)N)CC2)c1.Cl. The fourth-order valence-electron chi connectivity index (χ4n) is 2.53. The second-order valence-corrected chi connectivity index (χ2v) is 5.52. The van der Waals surface area contributed by atoms with E-state index in [1.54, 1.807) is 23.8 Å². The van der Waals surface area contributed by atoms with E-state index in [4.69, 9.17) is 10.5 Å². The van der Waals surface area contributed by atoms with Crippen LogP contribution in [0.25, 0.3) is 0 Å². The molecule has 6 nitrogen and oxygen atoms in total. The zero-order valence-corrected chi connectivity index (χ0v) is 14.3. The van der Waals surface area contributed by atoms with Crippen LogP contribution in [0.2, 0.25) is 0 Å². The van der Waals surface area contributed by atoms with Crippen LogP contribution >= 0.6 is 12.4 Å². The van der Waals surface area contributed by atoms with E-state index in [0.29, 0.717) is 32.6 Å². The third kappa shape index (κ3) is 5.11. The van der Waals surface area contributed by atoms with Crippen molar-refractivity contribution in [3.63, 3.8) is 0 Å². The minimum Gasteiger partial charge on any atom is -0.497 e. The molecule has 2 rings (SSSR count). The summed E-state index contributed by atoms with van der Waals surface area (Å²) >= 11 is 0. The number of nitrogens with zero attached hydrogens (tertiary/aromatic N) is 2. The van der Waals surface area contributed by atoms with Crippen LogP contribution < -0.4 is 10.5 Å². The summed E-state index contributed by atoms with van der Waals surface area (Å²) in [5.41, 5.74) is 6.54. The molecule has 128 valence electrons. The van der Waals surface area contributed by atoms with Gasteiger partial charge in [-0.1, -0.05) is 12.1 Å². The molecule has 0 aromatic heterocycles. The quantitative estimate of drug-likeness (QED) is 0.873. The first-order valence-corrected chi connectivity index (χ1v) is 7.46. The van der Waals surface area contributed by atoms with E-state index < -0.39 is 6.04 Å². The highest BCUT2D eigenvalue weighted by atomic mass is 35.5. The lowest BCUT2D eigenvalue weighted by atomic mass is 10.1. The van der Waals surface area contributed by atoms with Gasteiger partial charge in [0.1, 0.15) is 5.75 Å². The normalized spacial score (nSPS) is 15.6. The Morgan fingerprint density at radius 3 is 2.39 bits per heavy atom. The lowest BCUT2D eigenvalue weighted by Crippen LogP contribution is -2.54. The van der Waals surface area contributed by atoms with Crippen LogP contribution in [0.15, 0.2) is 24.3 Å². The van der Waals surface area contributed by atoms with E-state index >= 15 is 0 Å². The first kappa shape index (κ1) is 19.3. The summed E-state index contributed by atoms with van der Waals surface area (Å²) in [6, 6.07) is 7.02. The van der Waals surface area contributed by atoms with Gasteiger partial charge < -0.3 is 20.3 Å². The molecule has 1 saturated heterocycles. The molecule has 1 heterocycles. The molecule has 1 aliphatic heterocycles. The van der Waals surface area contributed by atoms with Crippen LogP contribution in [-0.4, -0.2) is 60.9 Å². The molecule has 0 aliphatic carbocycles. The summed E-state index contributed by atoms with van der Waals surface area (Å²) in [4.78, 5) is 27.7. The average molecular weight is 342 g/mol. The molecule has 23 heavy (non-hydrogen) atoms. The zero-order chi connectivity index (χ0) is 16.1. The van der Waals surface area contributed by atoms with Crippen LogP contribution in [-0.2, 0) is 16.0 Å². The van der Waals surface area contributed by atoms with Gasteiger partial charge in [-0.2, -0.15) is 0 Å². The monoisotopic (exact) mass is 341 g/mol. The summed E-state index contributed by atoms with van der Waals surface area (Å²) in [7, 11) is 1.61. The summed E-state index contributed by atoms with van der Waals surface area (Å²) in [6.07, 6.45) is 0.346. The fourth-order valence-corrected chi connectivity index (χ4v) is 2.53. The Balaban J connectivity index is 0.00000264. The summed E-state index contributed by atoms with van der Waals surface area (Å²) in [6.45, 7) is 3.89. The number of ether oxygens (including phenoxy) is 1. The van der Waals surface area contributed by atoms with Gasteiger partial charge in [0.15, 0.2) is 0 Å². The Morgan fingerprint density at radius 2 is 1.83 bits per heavy atom. The maximum atomic E-state index is 12.3. The molecule has 1 atom stereocenters. The largest absolute Gasteiger partial charge is 0.497 e. The number of nitrogens with two attached hydrogens (primary N) is 1. The zero-order valence-electron chi connectivity index (χ0n) is 13.5. The van der Waals surface area contributed by atoms with Gasteiger partial charge in [-0.3, -0.25) is 9.59 Å². The number of carbonyl (C=O) groups excluding carboxylic acids is 2. The lowest BCUT2D eigenvalue weighted by Gasteiger charge is -2.35. The van der Waals surface area contributed by atoms with Gasteiger partial charge >= 0.3 is 0 Å². The van der Waals surface area contributed by atoms with Gasteiger partial charge in [0.25, 0.3) is 0 Å². The van der Waals surface area contributed by atoms with Crippen LogP contribution in [0.5, 0.6) is 5.75 Å². The first-order valence-electron chi connectivity index (χ1n) is 7.46. The minimum atomic E-state index is -0.487. The predicted molar refractivity (Wildman–Crippen MR) is 90.8 cm³/mol. The van der Waals surface area contributed by atoms with Crippen LogP contribution in [0, 0.1) is 0 Å². The second-order valence-electron chi connectivity index (χ2n) is 5.52. The summed E-state index contributed by atoms with van der Waals surface area (Å²) in [5.74, 6) is 0.763. The molecule has 0 unspecified atom stereocenters. The molecule has 2 amide bonds. The van der Waals surface area contributed by atoms with Gasteiger partial charge in [0.05, 0.1) is 19.6 Å². The van der Waals surface area contributed by atoms with Gasteiger partial charge in [0.2, 0.25) is 11.8 Å². The van der Waals surface area contributed by atoms with Crippen molar-refractivity contribution in [1.29, 1.82) is 0 Å². The Labute approximate surface area is 143 Å². The van der Waals surface area contributed by atoms with Gasteiger partial charge in [0, 0.05) is 26.2 Å². The first-order chi connectivity index (χ1) is 10.5. The summed E-state index contributed by atoms with van der Waals surface area (Å²) in [5, 5.41) is 0. The lowest BCUT2D eigenvalue weighted by molar-refractivity contribution is -0.139. The highest BCUT2D eigenvalue weighted by Crippen LogP contribution is 2.14. The van der Waals surface area contributed by atoms with Crippen molar-refractivity contribution < 1.29 is 14.3 Å². The molecule has 1 aromatic rings. The maximum absolute atomic E-state index is 12.3. The number of benzene rings is 1.